The maximum atomic E-state index is 12.0. The molecule has 0 aliphatic rings. The lowest BCUT2D eigenvalue weighted by Gasteiger charge is -2.06. The quantitative estimate of drug-likeness (QED) is 0.542. The van der Waals surface area contributed by atoms with Crippen LogP contribution in [0, 0.1) is 6.92 Å². The number of nitrogens with one attached hydrogen (secondary N) is 1. The van der Waals surface area contributed by atoms with Gasteiger partial charge in [0.1, 0.15) is 11.5 Å². The standard InChI is InChI=1S/C20H15ClN2O4/c1-12-2-4-13(5-3-12)19(24)23-22-11-15-7-9-18(27-15)16-10-14(20(25)26)6-8-17(16)21/h2-11H,1H3,(H,23,24)(H,25,26)/p-1/b22-11+. The van der Waals surface area contributed by atoms with Crippen molar-refractivity contribution in [1.29, 1.82) is 0 Å². The summed E-state index contributed by atoms with van der Waals surface area (Å²) in [6, 6.07) is 14.5. The summed E-state index contributed by atoms with van der Waals surface area (Å²) in [5, 5.41) is 15.2. The Hall–Kier alpha value is -3.38. The Morgan fingerprint density at radius 3 is 2.48 bits per heavy atom. The highest BCUT2D eigenvalue weighted by Crippen LogP contribution is 2.30. The number of amides is 1. The molecule has 27 heavy (non-hydrogen) atoms. The number of benzene rings is 2. The van der Waals surface area contributed by atoms with Crippen molar-refractivity contribution >= 4 is 29.7 Å². The van der Waals surface area contributed by atoms with E-state index >= 15 is 0 Å². The van der Waals surface area contributed by atoms with Crippen LogP contribution in [0.4, 0.5) is 0 Å². The molecule has 3 aromatic rings. The van der Waals surface area contributed by atoms with Crippen molar-refractivity contribution in [1.82, 2.24) is 5.43 Å². The number of rotatable bonds is 5. The third-order valence-corrected chi connectivity index (χ3v) is 4.10. The molecule has 0 aliphatic carbocycles. The minimum atomic E-state index is -1.31. The summed E-state index contributed by atoms with van der Waals surface area (Å²) in [5.41, 5.74) is 4.36. The largest absolute Gasteiger partial charge is 0.545 e. The van der Waals surface area contributed by atoms with Crippen molar-refractivity contribution in [2.24, 2.45) is 5.10 Å². The Labute approximate surface area is 160 Å². The fraction of sp³-hybridized carbons (Fsp3) is 0.0500. The van der Waals surface area contributed by atoms with Gasteiger partial charge in [0.2, 0.25) is 0 Å². The predicted molar refractivity (Wildman–Crippen MR) is 99.7 cm³/mol. The van der Waals surface area contributed by atoms with Crippen molar-refractivity contribution in [3.8, 4) is 11.3 Å². The first-order valence-electron chi connectivity index (χ1n) is 7.95. The molecule has 1 amide bonds. The van der Waals surface area contributed by atoms with Crippen LogP contribution >= 0.6 is 11.6 Å². The third kappa shape index (κ3) is 4.43. The van der Waals surface area contributed by atoms with Crippen molar-refractivity contribution in [2.45, 2.75) is 6.92 Å². The van der Waals surface area contributed by atoms with E-state index < -0.39 is 5.97 Å². The molecule has 136 valence electrons. The molecule has 0 aliphatic heterocycles. The number of carboxylic acid groups (broad SMARTS) is 1. The van der Waals surface area contributed by atoms with Crippen molar-refractivity contribution < 1.29 is 19.1 Å². The first-order valence-corrected chi connectivity index (χ1v) is 8.33. The summed E-state index contributed by atoms with van der Waals surface area (Å²) in [7, 11) is 0. The van der Waals surface area contributed by atoms with Gasteiger partial charge in [-0.15, -0.1) is 0 Å². The maximum Gasteiger partial charge on any atom is 0.271 e. The second-order valence-electron chi connectivity index (χ2n) is 5.75. The molecule has 0 fully saturated rings. The molecular formula is C20H14ClN2O4-. The molecule has 0 atom stereocenters. The number of hydrazone groups is 1. The number of aromatic carboxylic acids is 1. The summed E-state index contributed by atoms with van der Waals surface area (Å²) in [4.78, 5) is 23.0. The Morgan fingerprint density at radius 1 is 1.07 bits per heavy atom. The normalized spacial score (nSPS) is 10.9. The monoisotopic (exact) mass is 381 g/mol. The predicted octanol–water partition coefficient (Wildman–Crippen LogP) is 3.04. The van der Waals surface area contributed by atoms with Gasteiger partial charge in [-0.2, -0.15) is 5.10 Å². The van der Waals surface area contributed by atoms with E-state index in [1.54, 1.807) is 24.3 Å². The fourth-order valence-electron chi connectivity index (χ4n) is 2.33. The van der Waals surface area contributed by atoms with Gasteiger partial charge in [0.05, 0.1) is 17.2 Å². The van der Waals surface area contributed by atoms with Crippen LogP contribution in [0.15, 0.2) is 64.1 Å². The molecule has 0 bridgehead atoms. The SMILES string of the molecule is Cc1ccc(C(=O)N/N=C/c2ccc(-c3cc(C(=O)[O-])ccc3Cl)o2)cc1. The van der Waals surface area contributed by atoms with Crippen LogP contribution in [0.1, 0.15) is 32.0 Å². The number of carbonyl (C=O) groups is 2. The first kappa shape index (κ1) is 18.4. The molecule has 0 unspecified atom stereocenters. The first-order chi connectivity index (χ1) is 12.9. The van der Waals surface area contributed by atoms with Crippen LogP contribution in [0.25, 0.3) is 11.3 Å². The molecule has 1 N–H and O–H groups in total. The Bertz CT molecular complexity index is 1020. The molecule has 6 nitrogen and oxygen atoms in total. The smallest absolute Gasteiger partial charge is 0.271 e. The molecule has 7 heteroatoms. The molecule has 0 saturated heterocycles. The van der Waals surface area contributed by atoms with Gasteiger partial charge in [0, 0.05) is 11.1 Å². The van der Waals surface area contributed by atoms with Crippen molar-refractivity contribution in [2.75, 3.05) is 0 Å². The number of aryl methyl sites for hydroxylation is 1. The second kappa shape index (κ2) is 7.88. The number of furan rings is 1. The van der Waals surface area contributed by atoms with Gasteiger partial charge in [0.25, 0.3) is 5.91 Å². The summed E-state index contributed by atoms with van der Waals surface area (Å²) >= 11 is 6.11. The van der Waals surface area contributed by atoms with E-state index in [1.165, 1.54) is 24.4 Å². The summed E-state index contributed by atoms with van der Waals surface area (Å²) < 4.78 is 5.59. The molecule has 1 heterocycles. The van der Waals surface area contributed by atoms with Crippen LogP contribution in [0.3, 0.4) is 0 Å². The van der Waals surface area contributed by atoms with Crippen molar-refractivity contribution in [3.63, 3.8) is 0 Å². The Kier molecular flexibility index (Phi) is 5.38. The molecule has 0 radical (unpaired) electrons. The molecule has 2 aromatic carbocycles. The highest BCUT2D eigenvalue weighted by molar-refractivity contribution is 6.33. The maximum absolute atomic E-state index is 12.0. The fourth-order valence-corrected chi connectivity index (χ4v) is 2.54. The van der Waals surface area contributed by atoms with Crippen LogP contribution in [-0.2, 0) is 0 Å². The zero-order chi connectivity index (χ0) is 19.4. The lowest BCUT2D eigenvalue weighted by atomic mass is 10.1. The molecular weight excluding hydrogens is 368 g/mol. The molecule has 3 rings (SSSR count). The van der Waals surface area contributed by atoms with Crippen LogP contribution in [0.5, 0.6) is 0 Å². The summed E-state index contributed by atoms with van der Waals surface area (Å²) in [5.74, 6) is -0.915. The topological polar surface area (TPSA) is 94.7 Å². The van der Waals surface area contributed by atoms with E-state index in [-0.39, 0.29) is 11.5 Å². The Balaban J connectivity index is 1.72. The van der Waals surface area contributed by atoms with E-state index in [9.17, 15) is 14.7 Å². The lowest BCUT2D eigenvalue weighted by molar-refractivity contribution is -0.255. The van der Waals surface area contributed by atoms with Gasteiger partial charge < -0.3 is 14.3 Å². The number of hydrogen-bond donors (Lipinski definition) is 1. The molecule has 0 spiro atoms. The number of hydrogen-bond acceptors (Lipinski definition) is 5. The second-order valence-corrected chi connectivity index (χ2v) is 6.16. The lowest BCUT2D eigenvalue weighted by Crippen LogP contribution is -2.22. The van der Waals surface area contributed by atoms with Crippen molar-refractivity contribution in [3.05, 3.63) is 82.1 Å². The van der Waals surface area contributed by atoms with Crippen LogP contribution in [0.2, 0.25) is 5.02 Å². The summed E-state index contributed by atoms with van der Waals surface area (Å²) in [6.07, 6.45) is 1.34. The average molecular weight is 382 g/mol. The number of nitrogens with zero attached hydrogens (tertiary/aromatic N) is 1. The van der Waals surface area contributed by atoms with E-state index in [2.05, 4.69) is 10.5 Å². The van der Waals surface area contributed by atoms with Gasteiger partial charge in [0.15, 0.2) is 0 Å². The highest BCUT2D eigenvalue weighted by atomic mass is 35.5. The van der Waals surface area contributed by atoms with Crippen LogP contribution in [-0.4, -0.2) is 18.1 Å². The highest BCUT2D eigenvalue weighted by Gasteiger charge is 2.10. The van der Waals surface area contributed by atoms with Crippen LogP contribution < -0.4 is 10.5 Å². The molecule has 0 saturated carbocycles. The van der Waals surface area contributed by atoms with Gasteiger partial charge >= 0.3 is 0 Å². The zero-order valence-corrected chi connectivity index (χ0v) is 15.0. The van der Waals surface area contributed by atoms with E-state index in [1.807, 2.05) is 19.1 Å². The number of carboxylic acids is 1. The van der Waals surface area contributed by atoms with Gasteiger partial charge in [-0.1, -0.05) is 35.4 Å². The third-order valence-electron chi connectivity index (χ3n) is 3.77. The van der Waals surface area contributed by atoms with Gasteiger partial charge in [-0.3, -0.25) is 4.79 Å². The number of carbonyl (C=O) groups excluding carboxylic acids is 2. The van der Waals surface area contributed by atoms with Gasteiger partial charge in [-0.05, 0) is 48.9 Å². The zero-order valence-electron chi connectivity index (χ0n) is 14.2. The summed E-state index contributed by atoms with van der Waals surface area (Å²) in [6.45, 7) is 1.93. The number of halogens is 1. The Morgan fingerprint density at radius 2 is 1.78 bits per heavy atom. The molecule has 1 aromatic heterocycles. The van der Waals surface area contributed by atoms with Gasteiger partial charge in [-0.25, -0.2) is 5.43 Å². The van der Waals surface area contributed by atoms with E-state index in [4.69, 9.17) is 16.0 Å². The minimum absolute atomic E-state index is 0.00798. The van der Waals surface area contributed by atoms with E-state index in [0.717, 1.165) is 5.56 Å². The average Bonchev–Trinajstić information content (AvgIpc) is 3.11. The van der Waals surface area contributed by atoms with E-state index in [0.29, 0.717) is 27.7 Å². The minimum Gasteiger partial charge on any atom is -0.545 e.